The first-order valence-corrected chi connectivity index (χ1v) is 6.75. The lowest BCUT2D eigenvalue weighted by atomic mass is 10.1. The number of halogens is 2. The average Bonchev–Trinajstić information content (AvgIpc) is 2.41. The molecule has 0 spiro atoms. The molecule has 5 heteroatoms. The van der Waals surface area contributed by atoms with E-state index >= 15 is 0 Å². The molecule has 0 saturated carbocycles. The molecule has 0 aromatic heterocycles. The van der Waals surface area contributed by atoms with E-state index in [0.29, 0.717) is 11.0 Å². The van der Waals surface area contributed by atoms with Crippen molar-refractivity contribution in [2.24, 2.45) is 0 Å². The predicted octanol–water partition coefficient (Wildman–Crippen LogP) is 3.57. The van der Waals surface area contributed by atoms with E-state index in [-0.39, 0.29) is 17.2 Å². The van der Waals surface area contributed by atoms with Crippen molar-refractivity contribution in [3.05, 3.63) is 63.9 Å². The fourth-order valence-corrected chi connectivity index (χ4v) is 2.10. The minimum Gasteiger partial charge on any atom is -0.508 e. The summed E-state index contributed by atoms with van der Waals surface area (Å²) in [7, 11) is 1.63. The summed E-state index contributed by atoms with van der Waals surface area (Å²) in [6.45, 7) is 0.338. The van der Waals surface area contributed by atoms with Gasteiger partial charge >= 0.3 is 0 Å². The number of hydrogen-bond acceptors (Lipinski definition) is 2. The lowest BCUT2D eigenvalue weighted by Crippen LogP contribution is -2.26. The zero-order chi connectivity index (χ0) is 14.7. The van der Waals surface area contributed by atoms with Gasteiger partial charge in [0, 0.05) is 19.2 Å². The first-order chi connectivity index (χ1) is 9.47. The highest BCUT2D eigenvalue weighted by molar-refractivity contribution is 9.10. The van der Waals surface area contributed by atoms with Gasteiger partial charge in [0.15, 0.2) is 0 Å². The van der Waals surface area contributed by atoms with E-state index in [1.165, 1.54) is 17.0 Å². The molecule has 2 aromatic carbocycles. The van der Waals surface area contributed by atoms with Crippen molar-refractivity contribution < 1.29 is 14.3 Å². The number of benzene rings is 2. The van der Waals surface area contributed by atoms with Gasteiger partial charge in [-0.05, 0) is 51.8 Å². The van der Waals surface area contributed by atoms with Crippen molar-refractivity contribution >= 4 is 21.8 Å². The van der Waals surface area contributed by atoms with E-state index < -0.39 is 5.82 Å². The maximum absolute atomic E-state index is 13.4. The summed E-state index contributed by atoms with van der Waals surface area (Å²) in [5.41, 5.74) is 1.09. The van der Waals surface area contributed by atoms with E-state index in [2.05, 4.69) is 15.9 Å². The molecule has 0 radical (unpaired) electrons. The van der Waals surface area contributed by atoms with Crippen molar-refractivity contribution in [3.63, 3.8) is 0 Å². The van der Waals surface area contributed by atoms with Gasteiger partial charge in [0.25, 0.3) is 5.91 Å². The number of nitrogens with zero attached hydrogens (tertiary/aromatic N) is 1. The summed E-state index contributed by atoms with van der Waals surface area (Å²) in [5, 5.41) is 9.39. The van der Waals surface area contributed by atoms with Gasteiger partial charge < -0.3 is 10.0 Å². The second-order valence-electron chi connectivity index (χ2n) is 4.46. The SMILES string of the molecule is CN(Cc1cccc(O)c1)C(=O)c1ccc(Br)c(F)c1. The Bertz CT molecular complexity index is 646. The Hall–Kier alpha value is -1.88. The Morgan fingerprint density at radius 1 is 1.30 bits per heavy atom. The van der Waals surface area contributed by atoms with Crippen LogP contribution in [0.2, 0.25) is 0 Å². The third-order valence-electron chi connectivity index (χ3n) is 2.84. The van der Waals surface area contributed by atoms with Crippen LogP contribution in [0.25, 0.3) is 0 Å². The molecule has 0 aliphatic rings. The first kappa shape index (κ1) is 14.5. The van der Waals surface area contributed by atoms with Crippen molar-refractivity contribution in [2.75, 3.05) is 7.05 Å². The van der Waals surface area contributed by atoms with E-state index in [1.54, 1.807) is 31.3 Å². The summed E-state index contributed by atoms with van der Waals surface area (Å²) < 4.78 is 13.8. The van der Waals surface area contributed by atoms with Crippen molar-refractivity contribution in [1.29, 1.82) is 0 Å². The number of aromatic hydroxyl groups is 1. The standard InChI is InChI=1S/C15H13BrFNO2/c1-18(9-10-3-2-4-12(19)7-10)15(20)11-5-6-13(16)14(17)8-11/h2-8,19H,9H2,1H3. The van der Waals surface area contributed by atoms with Crippen LogP contribution >= 0.6 is 15.9 Å². The van der Waals surface area contributed by atoms with Gasteiger partial charge in [-0.3, -0.25) is 4.79 Å². The number of amides is 1. The first-order valence-electron chi connectivity index (χ1n) is 5.96. The van der Waals surface area contributed by atoms with Crippen LogP contribution in [-0.2, 0) is 6.54 Å². The van der Waals surface area contributed by atoms with E-state index in [0.717, 1.165) is 5.56 Å². The van der Waals surface area contributed by atoms with Gasteiger partial charge in [0.1, 0.15) is 11.6 Å². The topological polar surface area (TPSA) is 40.5 Å². The minimum atomic E-state index is -0.471. The predicted molar refractivity (Wildman–Crippen MR) is 78.0 cm³/mol. The van der Waals surface area contributed by atoms with E-state index in [1.807, 2.05) is 6.07 Å². The molecule has 3 nitrogen and oxygen atoms in total. The largest absolute Gasteiger partial charge is 0.508 e. The Balaban J connectivity index is 2.14. The average molecular weight is 338 g/mol. The van der Waals surface area contributed by atoms with Crippen LogP contribution in [-0.4, -0.2) is 23.0 Å². The number of rotatable bonds is 3. The minimum absolute atomic E-state index is 0.151. The van der Waals surface area contributed by atoms with Crippen LogP contribution in [0.1, 0.15) is 15.9 Å². The number of carbonyl (C=O) groups is 1. The van der Waals surface area contributed by atoms with Crippen LogP contribution in [0.3, 0.4) is 0 Å². The van der Waals surface area contributed by atoms with Crippen molar-refractivity contribution in [2.45, 2.75) is 6.54 Å². The van der Waals surface area contributed by atoms with Crippen LogP contribution in [0.15, 0.2) is 46.9 Å². The molecule has 0 heterocycles. The Labute approximate surface area is 124 Å². The van der Waals surface area contributed by atoms with Gasteiger partial charge in [-0.1, -0.05) is 12.1 Å². The fraction of sp³-hybridized carbons (Fsp3) is 0.133. The Morgan fingerprint density at radius 2 is 2.05 bits per heavy atom. The molecule has 1 amide bonds. The fourth-order valence-electron chi connectivity index (χ4n) is 1.85. The maximum Gasteiger partial charge on any atom is 0.253 e. The molecule has 0 unspecified atom stereocenters. The van der Waals surface area contributed by atoms with Gasteiger partial charge in [0.05, 0.1) is 4.47 Å². The van der Waals surface area contributed by atoms with E-state index in [4.69, 9.17) is 0 Å². The molecule has 2 aromatic rings. The highest BCUT2D eigenvalue weighted by Gasteiger charge is 2.14. The Morgan fingerprint density at radius 3 is 2.70 bits per heavy atom. The number of phenolic OH excluding ortho intramolecular Hbond substituents is 1. The zero-order valence-electron chi connectivity index (χ0n) is 10.8. The molecule has 0 atom stereocenters. The van der Waals surface area contributed by atoms with Crippen LogP contribution in [0, 0.1) is 5.82 Å². The maximum atomic E-state index is 13.4. The Kier molecular flexibility index (Phi) is 4.39. The highest BCUT2D eigenvalue weighted by atomic mass is 79.9. The van der Waals surface area contributed by atoms with Crippen LogP contribution < -0.4 is 0 Å². The molecule has 0 aliphatic heterocycles. The molecule has 104 valence electrons. The molecular weight excluding hydrogens is 325 g/mol. The lowest BCUT2D eigenvalue weighted by molar-refractivity contribution is 0.0784. The van der Waals surface area contributed by atoms with Gasteiger partial charge in [-0.25, -0.2) is 4.39 Å². The second-order valence-corrected chi connectivity index (χ2v) is 5.31. The zero-order valence-corrected chi connectivity index (χ0v) is 12.4. The smallest absolute Gasteiger partial charge is 0.253 e. The number of phenols is 1. The number of carbonyl (C=O) groups excluding carboxylic acids is 1. The van der Waals surface area contributed by atoms with Gasteiger partial charge in [0.2, 0.25) is 0 Å². The molecule has 2 rings (SSSR count). The monoisotopic (exact) mass is 337 g/mol. The highest BCUT2D eigenvalue weighted by Crippen LogP contribution is 2.18. The van der Waals surface area contributed by atoms with Gasteiger partial charge in [-0.2, -0.15) is 0 Å². The van der Waals surface area contributed by atoms with Crippen LogP contribution in [0.5, 0.6) is 5.75 Å². The number of hydrogen-bond donors (Lipinski definition) is 1. The normalized spacial score (nSPS) is 10.3. The summed E-state index contributed by atoms with van der Waals surface area (Å²) in [6.07, 6.45) is 0. The van der Waals surface area contributed by atoms with E-state index in [9.17, 15) is 14.3 Å². The molecule has 0 bridgehead atoms. The lowest BCUT2D eigenvalue weighted by Gasteiger charge is -2.17. The summed E-state index contributed by atoms with van der Waals surface area (Å²) in [6, 6.07) is 10.9. The molecule has 0 saturated heterocycles. The van der Waals surface area contributed by atoms with Crippen LogP contribution in [0.4, 0.5) is 4.39 Å². The molecule has 20 heavy (non-hydrogen) atoms. The molecule has 0 fully saturated rings. The third kappa shape index (κ3) is 3.36. The van der Waals surface area contributed by atoms with Gasteiger partial charge in [-0.15, -0.1) is 0 Å². The third-order valence-corrected chi connectivity index (χ3v) is 3.49. The summed E-state index contributed by atoms with van der Waals surface area (Å²) in [4.78, 5) is 13.6. The quantitative estimate of drug-likeness (QED) is 0.930. The van der Waals surface area contributed by atoms with Crippen molar-refractivity contribution in [1.82, 2.24) is 4.90 Å². The second kappa shape index (κ2) is 6.05. The molecule has 0 aliphatic carbocycles. The summed E-state index contributed by atoms with van der Waals surface area (Å²) >= 11 is 3.05. The summed E-state index contributed by atoms with van der Waals surface area (Å²) in [5.74, 6) is -0.598. The molecular formula is C15H13BrFNO2. The molecule has 1 N–H and O–H groups in total. The van der Waals surface area contributed by atoms with Crippen molar-refractivity contribution in [3.8, 4) is 5.75 Å².